The molecule has 1 aromatic carbocycles. The fraction of sp³-hybridized carbons (Fsp3) is 0.231. The van der Waals surface area contributed by atoms with Gasteiger partial charge in [-0.25, -0.2) is 0 Å². The standard InChI is InChI=1S/C13H12Cl2N2O2/c14-10-3-1-9(11(15)7-10)2-4-13(19)17-6-5-16-12(18)8-17/h1-4,7H,5-6,8H2,(H,16,18)/b4-2+. The summed E-state index contributed by atoms with van der Waals surface area (Å²) < 4.78 is 0. The van der Waals surface area contributed by atoms with Crippen LogP contribution in [0.25, 0.3) is 6.08 Å². The Morgan fingerprint density at radius 3 is 2.84 bits per heavy atom. The molecule has 2 rings (SSSR count). The zero-order chi connectivity index (χ0) is 13.8. The molecule has 100 valence electrons. The van der Waals surface area contributed by atoms with Crippen LogP contribution in [0.3, 0.4) is 0 Å². The van der Waals surface area contributed by atoms with Crippen molar-refractivity contribution >= 4 is 41.1 Å². The molecule has 0 aliphatic carbocycles. The van der Waals surface area contributed by atoms with Crippen molar-refractivity contribution in [3.05, 3.63) is 39.9 Å². The zero-order valence-electron chi connectivity index (χ0n) is 10.0. The van der Waals surface area contributed by atoms with Crippen molar-refractivity contribution < 1.29 is 9.59 Å². The topological polar surface area (TPSA) is 49.4 Å². The van der Waals surface area contributed by atoms with Gasteiger partial charge in [0.05, 0.1) is 6.54 Å². The molecule has 1 aromatic rings. The summed E-state index contributed by atoms with van der Waals surface area (Å²) in [5.41, 5.74) is 0.709. The monoisotopic (exact) mass is 298 g/mol. The minimum absolute atomic E-state index is 0.0948. The molecule has 1 fully saturated rings. The van der Waals surface area contributed by atoms with E-state index >= 15 is 0 Å². The lowest BCUT2D eigenvalue weighted by Crippen LogP contribution is -2.49. The van der Waals surface area contributed by atoms with Crippen LogP contribution in [-0.2, 0) is 9.59 Å². The summed E-state index contributed by atoms with van der Waals surface area (Å²) in [7, 11) is 0. The Bertz CT molecular complexity index is 543. The number of hydrogen-bond acceptors (Lipinski definition) is 2. The molecule has 0 unspecified atom stereocenters. The number of piperazine rings is 1. The molecule has 0 bridgehead atoms. The first-order chi connectivity index (χ1) is 9.06. The first-order valence-corrected chi connectivity index (χ1v) is 6.50. The van der Waals surface area contributed by atoms with Crippen LogP contribution in [0.15, 0.2) is 24.3 Å². The van der Waals surface area contributed by atoms with Gasteiger partial charge in [0.15, 0.2) is 0 Å². The molecule has 0 saturated carbocycles. The van der Waals surface area contributed by atoms with Crippen LogP contribution in [0.4, 0.5) is 0 Å². The van der Waals surface area contributed by atoms with Gasteiger partial charge in [-0.05, 0) is 23.8 Å². The Morgan fingerprint density at radius 1 is 1.37 bits per heavy atom. The molecule has 1 saturated heterocycles. The van der Waals surface area contributed by atoms with E-state index in [1.54, 1.807) is 24.3 Å². The third-order valence-corrected chi connectivity index (χ3v) is 3.28. The van der Waals surface area contributed by atoms with E-state index < -0.39 is 0 Å². The van der Waals surface area contributed by atoms with Crippen LogP contribution in [0, 0.1) is 0 Å². The third kappa shape index (κ3) is 3.72. The summed E-state index contributed by atoms with van der Waals surface area (Å²) in [5, 5.41) is 3.69. The van der Waals surface area contributed by atoms with Crippen LogP contribution in [0.2, 0.25) is 10.0 Å². The molecule has 1 N–H and O–H groups in total. The molecule has 1 heterocycles. The van der Waals surface area contributed by atoms with E-state index in [-0.39, 0.29) is 18.4 Å². The normalized spacial score (nSPS) is 15.7. The van der Waals surface area contributed by atoms with Crippen molar-refractivity contribution in [2.24, 2.45) is 0 Å². The number of hydrogen-bond donors (Lipinski definition) is 1. The Labute approximate surface area is 121 Å². The van der Waals surface area contributed by atoms with Crippen LogP contribution in [0.5, 0.6) is 0 Å². The first-order valence-electron chi connectivity index (χ1n) is 5.75. The van der Waals surface area contributed by atoms with Crippen LogP contribution >= 0.6 is 23.2 Å². The minimum Gasteiger partial charge on any atom is -0.353 e. The number of carbonyl (C=O) groups is 2. The molecule has 0 spiro atoms. The van der Waals surface area contributed by atoms with Gasteiger partial charge in [-0.3, -0.25) is 9.59 Å². The predicted octanol–water partition coefficient (Wildman–Crippen LogP) is 1.97. The summed E-state index contributed by atoms with van der Waals surface area (Å²) in [4.78, 5) is 24.5. The number of benzene rings is 1. The SMILES string of the molecule is O=C1CN(C(=O)/C=C/c2ccc(Cl)cc2Cl)CCN1. The highest BCUT2D eigenvalue weighted by molar-refractivity contribution is 6.35. The molecule has 1 aliphatic rings. The Morgan fingerprint density at radius 2 is 2.16 bits per heavy atom. The lowest BCUT2D eigenvalue weighted by Gasteiger charge is -2.25. The second-order valence-corrected chi connectivity index (χ2v) is 4.95. The molecule has 4 nitrogen and oxygen atoms in total. The van der Waals surface area contributed by atoms with Crippen molar-refractivity contribution in [3.63, 3.8) is 0 Å². The fourth-order valence-electron chi connectivity index (χ4n) is 1.73. The molecule has 6 heteroatoms. The lowest BCUT2D eigenvalue weighted by atomic mass is 10.2. The smallest absolute Gasteiger partial charge is 0.247 e. The number of nitrogens with zero attached hydrogens (tertiary/aromatic N) is 1. The zero-order valence-corrected chi connectivity index (χ0v) is 11.5. The highest BCUT2D eigenvalue weighted by Crippen LogP contribution is 2.22. The maximum atomic E-state index is 11.9. The van der Waals surface area contributed by atoms with Gasteiger partial charge in [-0.2, -0.15) is 0 Å². The fourth-order valence-corrected chi connectivity index (χ4v) is 2.20. The van der Waals surface area contributed by atoms with Gasteiger partial charge in [-0.15, -0.1) is 0 Å². The van der Waals surface area contributed by atoms with Crippen LogP contribution < -0.4 is 5.32 Å². The van der Waals surface area contributed by atoms with E-state index in [9.17, 15) is 9.59 Å². The van der Waals surface area contributed by atoms with Crippen molar-refractivity contribution in [3.8, 4) is 0 Å². The molecule has 0 aromatic heterocycles. The van der Waals surface area contributed by atoms with E-state index in [0.717, 1.165) is 0 Å². The Balaban J connectivity index is 2.05. The van der Waals surface area contributed by atoms with Gasteiger partial charge >= 0.3 is 0 Å². The van der Waals surface area contributed by atoms with E-state index in [0.29, 0.717) is 28.7 Å². The maximum absolute atomic E-state index is 11.9. The van der Waals surface area contributed by atoms with Gasteiger partial charge in [0.25, 0.3) is 0 Å². The summed E-state index contributed by atoms with van der Waals surface area (Å²) in [5.74, 6) is -0.349. The quantitative estimate of drug-likeness (QED) is 0.849. The second-order valence-electron chi connectivity index (χ2n) is 4.11. The molecule has 0 radical (unpaired) electrons. The lowest BCUT2D eigenvalue weighted by molar-refractivity contribution is -0.134. The molecule has 0 atom stereocenters. The van der Waals surface area contributed by atoms with Crippen LogP contribution in [-0.4, -0.2) is 36.3 Å². The van der Waals surface area contributed by atoms with E-state index in [4.69, 9.17) is 23.2 Å². The average Bonchev–Trinajstić information content (AvgIpc) is 2.37. The Kier molecular flexibility index (Phi) is 4.45. The largest absolute Gasteiger partial charge is 0.353 e. The number of carbonyl (C=O) groups excluding carboxylic acids is 2. The van der Waals surface area contributed by atoms with Gasteiger partial charge in [0, 0.05) is 29.2 Å². The second kappa shape index (κ2) is 6.08. The number of nitrogens with one attached hydrogen (secondary N) is 1. The van der Waals surface area contributed by atoms with Gasteiger partial charge in [-0.1, -0.05) is 29.3 Å². The number of amides is 2. The number of halogens is 2. The highest BCUT2D eigenvalue weighted by Gasteiger charge is 2.18. The Hall–Kier alpha value is -1.52. The molecular weight excluding hydrogens is 287 g/mol. The molecule has 2 amide bonds. The van der Waals surface area contributed by atoms with Crippen LogP contribution in [0.1, 0.15) is 5.56 Å². The summed E-state index contributed by atoms with van der Waals surface area (Å²) in [6, 6.07) is 5.05. The van der Waals surface area contributed by atoms with E-state index in [2.05, 4.69) is 5.32 Å². The average molecular weight is 299 g/mol. The summed E-state index contributed by atoms with van der Waals surface area (Å²) in [6.07, 6.45) is 3.03. The minimum atomic E-state index is -0.208. The van der Waals surface area contributed by atoms with Crippen molar-refractivity contribution in [1.29, 1.82) is 0 Å². The maximum Gasteiger partial charge on any atom is 0.247 e. The molecular formula is C13H12Cl2N2O2. The summed E-state index contributed by atoms with van der Waals surface area (Å²) in [6.45, 7) is 1.10. The van der Waals surface area contributed by atoms with E-state index in [1.165, 1.54) is 11.0 Å². The predicted molar refractivity (Wildman–Crippen MR) is 75.1 cm³/mol. The molecule has 1 aliphatic heterocycles. The van der Waals surface area contributed by atoms with Gasteiger partial charge < -0.3 is 10.2 Å². The first kappa shape index (κ1) is 13.9. The van der Waals surface area contributed by atoms with Gasteiger partial charge in [0.1, 0.15) is 0 Å². The van der Waals surface area contributed by atoms with Gasteiger partial charge in [0.2, 0.25) is 11.8 Å². The highest BCUT2D eigenvalue weighted by atomic mass is 35.5. The number of rotatable bonds is 2. The molecule has 19 heavy (non-hydrogen) atoms. The summed E-state index contributed by atoms with van der Waals surface area (Å²) >= 11 is 11.8. The van der Waals surface area contributed by atoms with Crippen molar-refractivity contribution in [1.82, 2.24) is 10.2 Å². The van der Waals surface area contributed by atoms with E-state index in [1.807, 2.05) is 0 Å². The van der Waals surface area contributed by atoms with Crippen molar-refractivity contribution in [2.75, 3.05) is 19.6 Å². The third-order valence-electron chi connectivity index (χ3n) is 2.72. The van der Waals surface area contributed by atoms with Crippen molar-refractivity contribution in [2.45, 2.75) is 0 Å².